The number of rotatable bonds is 21. The molecular formula is C27H43N3O4. The van der Waals surface area contributed by atoms with Gasteiger partial charge < -0.3 is 14.2 Å². The molecule has 190 valence electrons. The zero-order valence-electron chi connectivity index (χ0n) is 21.1. The van der Waals surface area contributed by atoms with Crippen LogP contribution in [0.3, 0.4) is 0 Å². The standard InChI is InChI=1S/C27H43N3O4/c1-3-4-5-6-7-8-9-10-11-12-13-14-18-21-26(25(29-30-28)22-33-23-32-2)34-27(31)24-19-16-15-17-20-24/h15-21,25-26H,3-14,22-23H2,1-2H3/b21-18+/t25-,26+/m0/s1. The minimum absolute atomic E-state index is 0.0687. The molecule has 0 bridgehead atoms. The Morgan fingerprint density at radius 1 is 1.00 bits per heavy atom. The van der Waals surface area contributed by atoms with Gasteiger partial charge in [0.25, 0.3) is 0 Å². The van der Waals surface area contributed by atoms with Gasteiger partial charge in [-0.2, -0.15) is 0 Å². The Kier molecular flexibility index (Phi) is 18.5. The molecule has 1 aromatic rings. The van der Waals surface area contributed by atoms with E-state index in [1.165, 1.54) is 71.3 Å². The minimum atomic E-state index is -0.715. The van der Waals surface area contributed by atoms with Crippen LogP contribution in [0.15, 0.2) is 47.6 Å². The number of carbonyl (C=O) groups excluding carboxylic acids is 1. The molecule has 0 saturated carbocycles. The van der Waals surface area contributed by atoms with E-state index in [0.717, 1.165) is 12.8 Å². The van der Waals surface area contributed by atoms with Crippen molar-refractivity contribution in [2.75, 3.05) is 20.5 Å². The van der Waals surface area contributed by atoms with Crippen molar-refractivity contribution in [3.8, 4) is 0 Å². The lowest BCUT2D eigenvalue weighted by atomic mass is 10.0. The molecular weight excluding hydrogens is 430 g/mol. The monoisotopic (exact) mass is 473 g/mol. The maximum Gasteiger partial charge on any atom is 0.338 e. The average Bonchev–Trinajstić information content (AvgIpc) is 2.86. The summed E-state index contributed by atoms with van der Waals surface area (Å²) in [4.78, 5) is 15.5. The first-order chi connectivity index (χ1) is 16.7. The number of esters is 1. The van der Waals surface area contributed by atoms with Gasteiger partial charge in [0.2, 0.25) is 0 Å². The van der Waals surface area contributed by atoms with Crippen molar-refractivity contribution in [3.63, 3.8) is 0 Å². The zero-order valence-corrected chi connectivity index (χ0v) is 21.1. The first-order valence-corrected chi connectivity index (χ1v) is 12.8. The van der Waals surface area contributed by atoms with Crippen molar-refractivity contribution in [1.82, 2.24) is 0 Å². The molecule has 0 aromatic heterocycles. The fraction of sp³-hybridized carbons (Fsp3) is 0.667. The van der Waals surface area contributed by atoms with E-state index in [-0.39, 0.29) is 13.4 Å². The van der Waals surface area contributed by atoms with Crippen LogP contribution >= 0.6 is 0 Å². The third-order valence-corrected chi connectivity index (χ3v) is 5.62. The van der Waals surface area contributed by atoms with Crippen molar-refractivity contribution >= 4 is 5.97 Å². The number of carbonyl (C=O) groups is 1. The van der Waals surface area contributed by atoms with Crippen LogP contribution in [0, 0.1) is 0 Å². The summed E-state index contributed by atoms with van der Waals surface area (Å²) in [5.41, 5.74) is 9.43. The molecule has 0 heterocycles. The van der Waals surface area contributed by atoms with E-state index < -0.39 is 18.1 Å². The maximum atomic E-state index is 12.6. The van der Waals surface area contributed by atoms with Gasteiger partial charge in [0.1, 0.15) is 18.9 Å². The number of hydrogen-bond donors (Lipinski definition) is 0. The highest BCUT2D eigenvalue weighted by atomic mass is 16.7. The second-order valence-corrected chi connectivity index (χ2v) is 8.54. The molecule has 0 aliphatic carbocycles. The number of allylic oxidation sites excluding steroid dienone is 1. The summed E-state index contributed by atoms with van der Waals surface area (Å²) < 4.78 is 16.0. The quantitative estimate of drug-likeness (QED) is 0.0346. The van der Waals surface area contributed by atoms with Gasteiger partial charge in [-0.3, -0.25) is 0 Å². The molecule has 0 spiro atoms. The number of methoxy groups -OCH3 is 1. The summed E-state index contributed by atoms with van der Waals surface area (Å²) in [7, 11) is 1.52. The molecule has 0 unspecified atom stereocenters. The smallest absolute Gasteiger partial charge is 0.338 e. The van der Waals surface area contributed by atoms with Gasteiger partial charge in [-0.15, -0.1) is 0 Å². The Morgan fingerprint density at radius 2 is 1.62 bits per heavy atom. The Labute approximate surface area is 205 Å². The van der Waals surface area contributed by atoms with Gasteiger partial charge >= 0.3 is 5.97 Å². The van der Waals surface area contributed by atoms with Crippen molar-refractivity contribution in [2.45, 2.75) is 96.1 Å². The summed E-state index contributed by atoms with van der Waals surface area (Å²) in [6.07, 6.45) is 18.3. The molecule has 0 saturated heterocycles. The van der Waals surface area contributed by atoms with Gasteiger partial charge in [-0.05, 0) is 36.6 Å². The summed E-state index contributed by atoms with van der Waals surface area (Å²) in [6, 6.07) is 8.10. The predicted molar refractivity (Wildman–Crippen MR) is 137 cm³/mol. The lowest BCUT2D eigenvalue weighted by Crippen LogP contribution is -2.32. The number of unbranched alkanes of at least 4 members (excludes halogenated alkanes) is 11. The molecule has 7 nitrogen and oxygen atoms in total. The van der Waals surface area contributed by atoms with Crippen molar-refractivity contribution in [1.29, 1.82) is 0 Å². The van der Waals surface area contributed by atoms with Crippen LogP contribution < -0.4 is 0 Å². The fourth-order valence-electron chi connectivity index (χ4n) is 3.68. The van der Waals surface area contributed by atoms with Gasteiger partial charge in [0.15, 0.2) is 0 Å². The minimum Gasteiger partial charge on any atom is -0.454 e. The van der Waals surface area contributed by atoms with Crippen molar-refractivity contribution < 1.29 is 19.0 Å². The van der Waals surface area contributed by atoms with E-state index in [1.54, 1.807) is 24.3 Å². The molecule has 0 fully saturated rings. The van der Waals surface area contributed by atoms with Gasteiger partial charge in [0.05, 0.1) is 12.2 Å². The molecule has 1 aromatic carbocycles. The number of ether oxygens (including phenoxy) is 3. The summed E-state index contributed by atoms with van der Waals surface area (Å²) in [6.45, 7) is 2.41. The highest BCUT2D eigenvalue weighted by molar-refractivity contribution is 5.89. The van der Waals surface area contributed by atoms with Crippen molar-refractivity contribution in [2.24, 2.45) is 5.11 Å². The highest BCUT2D eigenvalue weighted by Gasteiger charge is 2.23. The van der Waals surface area contributed by atoms with Crippen LogP contribution in [-0.2, 0) is 14.2 Å². The largest absolute Gasteiger partial charge is 0.454 e. The third kappa shape index (κ3) is 14.7. The lowest BCUT2D eigenvalue weighted by molar-refractivity contribution is -0.0451. The predicted octanol–water partition coefficient (Wildman–Crippen LogP) is 7.77. The molecule has 0 aliphatic rings. The van der Waals surface area contributed by atoms with Crippen LogP contribution in [0.5, 0.6) is 0 Å². The normalized spacial score (nSPS) is 12.9. The molecule has 7 heteroatoms. The van der Waals surface area contributed by atoms with Gasteiger partial charge in [-0.1, -0.05) is 101 Å². The Balaban J connectivity index is 2.46. The topological polar surface area (TPSA) is 93.5 Å². The highest BCUT2D eigenvalue weighted by Crippen LogP contribution is 2.15. The van der Waals surface area contributed by atoms with E-state index in [0.29, 0.717) is 5.56 Å². The van der Waals surface area contributed by atoms with E-state index in [4.69, 9.17) is 19.7 Å². The molecule has 0 radical (unpaired) electrons. The molecule has 0 N–H and O–H groups in total. The van der Waals surface area contributed by atoms with Crippen molar-refractivity contribution in [3.05, 3.63) is 58.5 Å². The first kappa shape index (κ1) is 29.7. The number of azide groups is 1. The summed E-state index contributed by atoms with van der Waals surface area (Å²) in [5, 5.41) is 3.79. The summed E-state index contributed by atoms with van der Waals surface area (Å²) in [5.74, 6) is -0.463. The average molecular weight is 474 g/mol. The molecule has 1 rings (SSSR count). The molecule has 34 heavy (non-hydrogen) atoms. The first-order valence-electron chi connectivity index (χ1n) is 12.8. The Morgan fingerprint density at radius 3 is 2.21 bits per heavy atom. The third-order valence-electron chi connectivity index (χ3n) is 5.62. The van der Waals surface area contributed by atoms with Gasteiger partial charge in [0, 0.05) is 12.0 Å². The zero-order chi connectivity index (χ0) is 24.7. The number of hydrogen-bond acceptors (Lipinski definition) is 5. The van der Waals surface area contributed by atoms with E-state index in [2.05, 4.69) is 16.9 Å². The number of benzene rings is 1. The molecule has 0 amide bonds. The number of nitrogens with zero attached hydrogens (tertiary/aromatic N) is 3. The van der Waals surface area contributed by atoms with Crippen LogP contribution in [0.4, 0.5) is 0 Å². The molecule has 0 aliphatic heterocycles. The van der Waals surface area contributed by atoms with E-state index in [1.807, 2.05) is 18.2 Å². The fourth-order valence-corrected chi connectivity index (χ4v) is 3.68. The lowest BCUT2D eigenvalue weighted by Gasteiger charge is -2.21. The van der Waals surface area contributed by atoms with Crippen LogP contribution in [0.2, 0.25) is 0 Å². The van der Waals surface area contributed by atoms with E-state index >= 15 is 0 Å². The second-order valence-electron chi connectivity index (χ2n) is 8.54. The second kappa shape index (κ2) is 21.2. The Bertz CT molecular complexity index is 705. The SMILES string of the molecule is CCCCCCCCCCCCC/C=C/[C@@H](OC(=O)c1ccccc1)[C@H](COCOC)N=[N+]=[N-]. The van der Waals surface area contributed by atoms with Gasteiger partial charge in [-0.25, -0.2) is 4.79 Å². The van der Waals surface area contributed by atoms with Crippen LogP contribution in [0.25, 0.3) is 10.4 Å². The maximum absolute atomic E-state index is 12.6. The van der Waals surface area contributed by atoms with Crippen LogP contribution in [-0.4, -0.2) is 38.6 Å². The Hall–Kier alpha value is -2.34. The molecule has 2 atom stereocenters. The van der Waals surface area contributed by atoms with Crippen LogP contribution in [0.1, 0.15) is 94.3 Å². The van der Waals surface area contributed by atoms with E-state index in [9.17, 15) is 4.79 Å². The summed E-state index contributed by atoms with van der Waals surface area (Å²) >= 11 is 0.